The average molecular weight is 325 g/mol. The zero-order chi connectivity index (χ0) is 16.9. The summed E-state index contributed by atoms with van der Waals surface area (Å²) in [4.78, 5) is 0. The van der Waals surface area contributed by atoms with Crippen molar-refractivity contribution in [3.05, 3.63) is 48.7 Å². The first-order valence-electron chi connectivity index (χ1n) is 7.67. The molecule has 0 saturated carbocycles. The van der Waals surface area contributed by atoms with Gasteiger partial charge in [0.1, 0.15) is 17.2 Å². The lowest BCUT2D eigenvalue weighted by molar-refractivity contribution is 0.340. The van der Waals surface area contributed by atoms with Crippen molar-refractivity contribution in [3.63, 3.8) is 0 Å². The van der Waals surface area contributed by atoms with E-state index in [0.717, 1.165) is 28.2 Å². The summed E-state index contributed by atoms with van der Waals surface area (Å²) >= 11 is 0. The number of methoxy groups -OCH3 is 2. The van der Waals surface area contributed by atoms with Gasteiger partial charge in [-0.25, -0.2) is 0 Å². The highest BCUT2D eigenvalue weighted by molar-refractivity contribution is 5.82. The highest BCUT2D eigenvalue weighted by Crippen LogP contribution is 2.39. The highest BCUT2D eigenvalue weighted by atomic mass is 16.5. The lowest BCUT2D eigenvalue weighted by Gasteiger charge is -2.10. The Bertz CT molecular complexity index is 808. The van der Waals surface area contributed by atoms with E-state index in [4.69, 9.17) is 18.7 Å². The molecule has 0 spiro atoms. The van der Waals surface area contributed by atoms with Crippen LogP contribution in [0.5, 0.6) is 17.2 Å². The van der Waals surface area contributed by atoms with Crippen molar-refractivity contribution in [2.45, 2.75) is 6.92 Å². The van der Waals surface area contributed by atoms with Crippen LogP contribution in [0.1, 0.15) is 6.92 Å². The molecule has 0 N–H and O–H groups in total. The third kappa shape index (κ3) is 3.06. The minimum Gasteiger partial charge on any atom is -0.497 e. The summed E-state index contributed by atoms with van der Waals surface area (Å²) in [6.07, 6.45) is 1.70. The van der Waals surface area contributed by atoms with Crippen LogP contribution >= 0.6 is 0 Å². The Hall–Kier alpha value is -2.95. The van der Waals surface area contributed by atoms with Gasteiger partial charge < -0.3 is 18.7 Å². The highest BCUT2D eigenvalue weighted by Gasteiger charge is 2.18. The van der Waals surface area contributed by atoms with Gasteiger partial charge in [-0.2, -0.15) is 0 Å². The van der Waals surface area contributed by atoms with Gasteiger partial charge >= 0.3 is 0 Å². The fourth-order valence-electron chi connectivity index (χ4n) is 2.53. The lowest BCUT2D eigenvalue weighted by Crippen LogP contribution is -1.92. The largest absolute Gasteiger partial charge is 0.497 e. The summed E-state index contributed by atoms with van der Waals surface area (Å²) in [5.41, 5.74) is 2.66. The summed E-state index contributed by atoms with van der Waals surface area (Å²) in [5.74, 6) is 2.88. The van der Waals surface area contributed by atoms with E-state index in [9.17, 15) is 0 Å². The van der Waals surface area contributed by atoms with E-state index in [2.05, 4.69) is 5.16 Å². The second-order valence-electron chi connectivity index (χ2n) is 5.09. The SMILES string of the molecule is CCOc1ccc(-c2cnoc2-c2cc(OC)ccc2OC)cc1. The van der Waals surface area contributed by atoms with Crippen LogP contribution in [-0.4, -0.2) is 26.0 Å². The van der Waals surface area contributed by atoms with Crippen molar-refractivity contribution >= 4 is 0 Å². The molecule has 1 heterocycles. The molecule has 2 aromatic carbocycles. The fraction of sp³-hybridized carbons (Fsp3) is 0.211. The second-order valence-corrected chi connectivity index (χ2v) is 5.09. The number of nitrogens with zero attached hydrogens (tertiary/aromatic N) is 1. The second kappa shape index (κ2) is 7.08. The molecule has 0 bridgehead atoms. The third-order valence-electron chi connectivity index (χ3n) is 3.70. The fourth-order valence-corrected chi connectivity index (χ4v) is 2.53. The van der Waals surface area contributed by atoms with Crippen molar-refractivity contribution in [2.75, 3.05) is 20.8 Å². The molecule has 24 heavy (non-hydrogen) atoms. The quantitative estimate of drug-likeness (QED) is 0.671. The zero-order valence-corrected chi connectivity index (χ0v) is 13.9. The van der Waals surface area contributed by atoms with E-state index in [1.54, 1.807) is 20.4 Å². The van der Waals surface area contributed by atoms with Crippen molar-refractivity contribution in [3.8, 4) is 39.7 Å². The Kier molecular flexibility index (Phi) is 4.70. The monoisotopic (exact) mass is 325 g/mol. The topological polar surface area (TPSA) is 53.7 Å². The van der Waals surface area contributed by atoms with E-state index >= 15 is 0 Å². The molecule has 124 valence electrons. The Morgan fingerprint density at radius 3 is 2.33 bits per heavy atom. The molecule has 5 nitrogen and oxygen atoms in total. The predicted molar refractivity (Wildman–Crippen MR) is 91.6 cm³/mol. The Morgan fingerprint density at radius 2 is 1.67 bits per heavy atom. The van der Waals surface area contributed by atoms with E-state index < -0.39 is 0 Å². The maximum Gasteiger partial charge on any atom is 0.178 e. The first-order valence-corrected chi connectivity index (χ1v) is 7.67. The molecule has 0 amide bonds. The van der Waals surface area contributed by atoms with Crippen molar-refractivity contribution in [1.82, 2.24) is 5.16 Å². The normalized spacial score (nSPS) is 10.5. The summed E-state index contributed by atoms with van der Waals surface area (Å²) in [7, 11) is 3.25. The van der Waals surface area contributed by atoms with E-state index in [0.29, 0.717) is 18.1 Å². The molecule has 3 aromatic rings. The summed E-state index contributed by atoms with van der Waals surface area (Å²) in [5, 5.41) is 3.96. The molecule has 0 aliphatic heterocycles. The first kappa shape index (κ1) is 15.9. The van der Waals surface area contributed by atoms with Crippen LogP contribution in [-0.2, 0) is 0 Å². The van der Waals surface area contributed by atoms with Crippen molar-refractivity contribution in [1.29, 1.82) is 0 Å². The van der Waals surface area contributed by atoms with Gasteiger partial charge in [-0.05, 0) is 42.8 Å². The minimum atomic E-state index is 0.634. The van der Waals surface area contributed by atoms with Gasteiger partial charge in [0.05, 0.1) is 32.6 Å². The van der Waals surface area contributed by atoms with Crippen LogP contribution in [0.15, 0.2) is 53.2 Å². The van der Waals surface area contributed by atoms with Crippen LogP contribution in [0.25, 0.3) is 22.5 Å². The molecule has 0 aliphatic carbocycles. The zero-order valence-electron chi connectivity index (χ0n) is 13.9. The number of hydrogen-bond acceptors (Lipinski definition) is 5. The van der Waals surface area contributed by atoms with Gasteiger partial charge in [0.15, 0.2) is 5.76 Å². The maximum absolute atomic E-state index is 5.51. The molecule has 1 aromatic heterocycles. The molecule has 0 unspecified atom stereocenters. The van der Waals surface area contributed by atoms with Crippen LogP contribution in [0.4, 0.5) is 0 Å². The third-order valence-corrected chi connectivity index (χ3v) is 3.70. The van der Waals surface area contributed by atoms with E-state index in [1.807, 2.05) is 49.4 Å². The van der Waals surface area contributed by atoms with Gasteiger partial charge in [-0.1, -0.05) is 17.3 Å². The van der Waals surface area contributed by atoms with Gasteiger partial charge in [0.2, 0.25) is 0 Å². The molecule has 3 rings (SSSR count). The lowest BCUT2D eigenvalue weighted by atomic mass is 10.0. The molecule has 5 heteroatoms. The standard InChI is InChI=1S/C19H19NO4/c1-4-23-14-7-5-13(6-8-14)17-12-20-24-19(17)16-11-15(21-2)9-10-18(16)22-3/h5-12H,4H2,1-3H3. The molecular weight excluding hydrogens is 306 g/mol. The van der Waals surface area contributed by atoms with E-state index in [1.165, 1.54) is 0 Å². The average Bonchev–Trinajstić information content (AvgIpc) is 3.11. The van der Waals surface area contributed by atoms with Crippen LogP contribution in [0.2, 0.25) is 0 Å². The van der Waals surface area contributed by atoms with Gasteiger partial charge in [0, 0.05) is 5.56 Å². The minimum absolute atomic E-state index is 0.634. The molecule has 0 atom stereocenters. The molecule has 0 radical (unpaired) electrons. The van der Waals surface area contributed by atoms with E-state index in [-0.39, 0.29) is 0 Å². The molecule has 0 fully saturated rings. The number of hydrogen-bond donors (Lipinski definition) is 0. The van der Waals surface area contributed by atoms with Crippen LogP contribution < -0.4 is 14.2 Å². The van der Waals surface area contributed by atoms with Crippen LogP contribution in [0, 0.1) is 0 Å². The van der Waals surface area contributed by atoms with Gasteiger partial charge in [-0.3, -0.25) is 0 Å². The number of rotatable bonds is 6. The van der Waals surface area contributed by atoms with Crippen LogP contribution in [0.3, 0.4) is 0 Å². The Labute approximate surface area is 140 Å². The number of benzene rings is 2. The van der Waals surface area contributed by atoms with Gasteiger partial charge in [0.25, 0.3) is 0 Å². The summed E-state index contributed by atoms with van der Waals surface area (Å²) in [6, 6.07) is 13.4. The number of aromatic nitrogens is 1. The molecular formula is C19H19NO4. The van der Waals surface area contributed by atoms with Crippen molar-refractivity contribution < 1.29 is 18.7 Å². The predicted octanol–water partition coefficient (Wildman–Crippen LogP) is 4.42. The number of ether oxygens (including phenoxy) is 3. The summed E-state index contributed by atoms with van der Waals surface area (Å²) in [6.45, 7) is 2.60. The van der Waals surface area contributed by atoms with Crippen molar-refractivity contribution in [2.24, 2.45) is 0 Å². The Morgan fingerprint density at radius 1 is 0.917 bits per heavy atom. The molecule has 0 aliphatic rings. The van der Waals surface area contributed by atoms with Gasteiger partial charge in [-0.15, -0.1) is 0 Å². The molecule has 0 saturated heterocycles. The smallest absolute Gasteiger partial charge is 0.178 e. The first-order chi connectivity index (χ1) is 11.8. The summed E-state index contributed by atoms with van der Waals surface area (Å²) < 4.78 is 21.7. The Balaban J connectivity index is 2.04. The maximum atomic E-state index is 5.51.